The summed E-state index contributed by atoms with van der Waals surface area (Å²) in [4.78, 5) is 12.0. The zero-order valence-electron chi connectivity index (χ0n) is 10.7. The standard InChI is InChI=1S/C13H22N2O/c1-5-10(3)11(4)15-12(16)13(8-14)6-9(2)7-13/h9-11H,5-7H2,1-4H3,(H,15,16). The molecule has 0 spiro atoms. The van der Waals surface area contributed by atoms with Gasteiger partial charge in [-0.1, -0.05) is 27.2 Å². The molecule has 1 aliphatic rings. The fourth-order valence-electron chi connectivity index (χ4n) is 2.30. The van der Waals surface area contributed by atoms with Crippen molar-refractivity contribution in [1.29, 1.82) is 5.26 Å². The van der Waals surface area contributed by atoms with Gasteiger partial charge in [0.05, 0.1) is 6.07 Å². The average Bonchev–Trinajstić information content (AvgIpc) is 2.22. The van der Waals surface area contributed by atoms with E-state index in [1.54, 1.807) is 0 Å². The van der Waals surface area contributed by atoms with Gasteiger partial charge in [-0.25, -0.2) is 0 Å². The van der Waals surface area contributed by atoms with Crippen molar-refractivity contribution in [2.24, 2.45) is 17.3 Å². The molecule has 0 aromatic heterocycles. The largest absolute Gasteiger partial charge is 0.352 e. The van der Waals surface area contributed by atoms with E-state index in [1.807, 2.05) is 6.92 Å². The highest BCUT2D eigenvalue weighted by atomic mass is 16.2. The van der Waals surface area contributed by atoms with E-state index >= 15 is 0 Å². The minimum Gasteiger partial charge on any atom is -0.352 e. The third-order valence-electron chi connectivity index (χ3n) is 3.90. The minimum absolute atomic E-state index is 0.0686. The molecule has 90 valence electrons. The summed E-state index contributed by atoms with van der Waals surface area (Å²) in [5.74, 6) is 0.891. The van der Waals surface area contributed by atoms with E-state index in [4.69, 9.17) is 5.26 Å². The highest BCUT2D eigenvalue weighted by Crippen LogP contribution is 2.45. The van der Waals surface area contributed by atoms with Gasteiger partial charge in [-0.15, -0.1) is 0 Å². The maximum absolute atomic E-state index is 12.0. The van der Waals surface area contributed by atoms with Crippen LogP contribution in [0.3, 0.4) is 0 Å². The number of nitrogens with one attached hydrogen (secondary N) is 1. The predicted molar refractivity (Wildman–Crippen MR) is 63.5 cm³/mol. The number of carbonyl (C=O) groups is 1. The number of hydrogen-bond donors (Lipinski definition) is 1. The Morgan fingerprint density at radius 3 is 2.50 bits per heavy atom. The number of carbonyl (C=O) groups excluding carboxylic acids is 1. The van der Waals surface area contributed by atoms with E-state index in [2.05, 4.69) is 32.2 Å². The minimum atomic E-state index is -0.735. The third kappa shape index (κ3) is 2.37. The van der Waals surface area contributed by atoms with Gasteiger partial charge in [0, 0.05) is 6.04 Å². The van der Waals surface area contributed by atoms with Crippen molar-refractivity contribution in [3.05, 3.63) is 0 Å². The Bertz CT molecular complexity index is 300. The second-order valence-electron chi connectivity index (χ2n) is 5.35. The van der Waals surface area contributed by atoms with Crippen LogP contribution in [0.1, 0.15) is 47.0 Å². The first-order valence-corrected chi connectivity index (χ1v) is 6.17. The highest BCUT2D eigenvalue weighted by molar-refractivity contribution is 5.86. The number of rotatable bonds is 4. The van der Waals surface area contributed by atoms with Crippen LogP contribution < -0.4 is 5.32 Å². The summed E-state index contributed by atoms with van der Waals surface area (Å²) >= 11 is 0. The third-order valence-corrected chi connectivity index (χ3v) is 3.90. The molecule has 1 amide bonds. The lowest BCUT2D eigenvalue weighted by molar-refractivity contribution is -0.134. The second-order valence-corrected chi connectivity index (χ2v) is 5.35. The Balaban J connectivity index is 2.56. The molecule has 0 aromatic carbocycles. The summed E-state index contributed by atoms with van der Waals surface area (Å²) in [6, 6.07) is 2.35. The van der Waals surface area contributed by atoms with Crippen LogP contribution in [0.15, 0.2) is 0 Å². The summed E-state index contributed by atoms with van der Waals surface area (Å²) in [6.45, 7) is 8.33. The van der Waals surface area contributed by atoms with Crippen LogP contribution in [0.5, 0.6) is 0 Å². The van der Waals surface area contributed by atoms with Gasteiger partial charge in [-0.2, -0.15) is 5.26 Å². The predicted octanol–water partition coefficient (Wildman–Crippen LogP) is 2.48. The lowest BCUT2D eigenvalue weighted by atomic mass is 9.63. The highest BCUT2D eigenvalue weighted by Gasteiger charge is 2.49. The molecule has 3 heteroatoms. The van der Waals surface area contributed by atoms with Crippen LogP contribution in [-0.4, -0.2) is 11.9 Å². The van der Waals surface area contributed by atoms with Crippen LogP contribution in [0.4, 0.5) is 0 Å². The first-order valence-electron chi connectivity index (χ1n) is 6.17. The van der Waals surface area contributed by atoms with E-state index in [1.165, 1.54) is 0 Å². The topological polar surface area (TPSA) is 52.9 Å². The van der Waals surface area contributed by atoms with E-state index < -0.39 is 5.41 Å². The molecular formula is C13H22N2O. The molecule has 1 saturated carbocycles. The van der Waals surface area contributed by atoms with E-state index in [-0.39, 0.29) is 11.9 Å². The molecule has 3 nitrogen and oxygen atoms in total. The zero-order chi connectivity index (χ0) is 12.3. The number of nitriles is 1. The second kappa shape index (κ2) is 4.86. The molecule has 2 atom stereocenters. The Morgan fingerprint density at radius 2 is 2.12 bits per heavy atom. The first-order chi connectivity index (χ1) is 7.45. The van der Waals surface area contributed by atoms with Crippen molar-refractivity contribution >= 4 is 5.91 Å². The van der Waals surface area contributed by atoms with Crippen molar-refractivity contribution < 1.29 is 4.79 Å². The van der Waals surface area contributed by atoms with Crippen molar-refractivity contribution in [2.45, 2.75) is 53.0 Å². The monoisotopic (exact) mass is 222 g/mol. The van der Waals surface area contributed by atoms with Gasteiger partial charge in [0.1, 0.15) is 5.41 Å². The van der Waals surface area contributed by atoms with Crippen molar-refractivity contribution in [2.75, 3.05) is 0 Å². The molecule has 1 rings (SSSR count). The van der Waals surface area contributed by atoms with Crippen LogP contribution in [0.25, 0.3) is 0 Å². The first kappa shape index (κ1) is 13.0. The Morgan fingerprint density at radius 1 is 1.56 bits per heavy atom. The molecule has 0 aliphatic heterocycles. The van der Waals surface area contributed by atoms with Gasteiger partial charge in [0.2, 0.25) is 5.91 Å². The molecule has 0 radical (unpaired) electrons. The average molecular weight is 222 g/mol. The van der Waals surface area contributed by atoms with Crippen molar-refractivity contribution in [3.8, 4) is 6.07 Å². The summed E-state index contributed by atoms with van der Waals surface area (Å²) in [5.41, 5.74) is -0.735. The maximum Gasteiger partial charge on any atom is 0.240 e. The number of hydrogen-bond acceptors (Lipinski definition) is 2. The van der Waals surface area contributed by atoms with Gasteiger partial charge in [-0.05, 0) is 31.6 Å². The summed E-state index contributed by atoms with van der Waals surface area (Å²) in [5, 5.41) is 12.1. The molecule has 0 bridgehead atoms. The molecule has 2 unspecified atom stereocenters. The van der Waals surface area contributed by atoms with Crippen molar-refractivity contribution in [3.63, 3.8) is 0 Å². The molecular weight excluding hydrogens is 200 g/mol. The fourth-order valence-corrected chi connectivity index (χ4v) is 2.30. The zero-order valence-corrected chi connectivity index (χ0v) is 10.7. The van der Waals surface area contributed by atoms with Crippen molar-refractivity contribution in [1.82, 2.24) is 5.32 Å². The van der Waals surface area contributed by atoms with Gasteiger partial charge in [0.25, 0.3) is 0 Å². The lowest BCUT2D eigenvalue weighted by Crippen LogP contribution is -2.51. The van der Waals surface area contributed by atoms with Gasteiger partial charge >= 0.3 is 0 Å². The summed E-state index contributed by atoms with van der Waals surface area (Å²) < 4.78 is 0. The summed E-state index contributed by atoms with van der Waals surface area (Å²) in [7, 11) is 0. The van der Waals surface area contributed by atoms with E-state index in [0.29, 0.717) is 24.7 Å². The molecule has 16 heavy (non-hydrogen) atoms. The van der Waals surface area contributed by atoms with Gasteiger partial charge in [0.15, 0.2) is 0 Å². The van der Waals surface area contributed by atoms with Crippen LogP contribution in [0, 0.1) is 28.6 Å². The Hall–Kier alpha value is -1.04. The van der Waals surface area contributed by atoms with Crippen LogP contribution in [-0.2, 0) is 4.79 Å². The van der Waals surface area contributed by atoms with Gasteiger partial charge in [-0.3, -0.25) is 4.79 Å². The molecule has 0 saturated heterocycles. The quantitative estimate of drug-likeness (QED) is 0.794. The van der Waals surface area contributed by atoms with Gasteiger partial charge < -0.3 is 5.32 Å². The van der Waals surface area contributed by atoms with Crippen LogP contribution >= 0.6 is 0 Å². The SMILES string of the molecule is CCC(C)C(C)NC(=O)C1(C#N)CC(C)C1. The fraction of sp³-hybridized carbons (Fsp3) is 0.846. The van der Waals surface area contributed by atoms with Crippen LogP contribution in [0.2, 0.25) is 0 Å². The molecule has 1 N–H and O–H groups in total. The lowest BCUT2D eigenvalue weighted by Gasteiger charge is -2.40. The maximum atomic E-state index is 12.0. The molecule has 1 aliphatic carbocycles. The Kier molecular flexibility index (Phi) is 3.96. The molecule has 0 heterocycles. The van der Waals surface area contributed by atoms with E-state index in [9.17, 15) is 4.79 Å². The molecule has 0 aromatic rings. The molecule has 1 fully saturated rings. The number of amides is 1. The number of nitrogens with zero attached hydrogens (tertiary/aromatic N) is 1. The normalized spacial score (nSPS) is 32.1. The van der Waals surface area contributed by atoms with E-state index in [0.717, 1.165) is 6.42 Å². The summed E-state index contributed by atoms with van der Waals surface area (Å²) in [6.07, 6.45) is 2.46. The smallest absolute Gasteiger partial charge is 0.240 e. The Labute approximate surface area is 98.2 Å².